The molecule has 0 saturated carbocycles. The molecular formula is C26H27NO5. The van der Waals surface area contributed by atoms with Gasteiger partial charge in [0.2, 0.25) is 0 Å². The maximum atomic E-state index is 13.4. The molecule has 1 heterocycles. The van der Waals surface area contributed by atoms with E-state index in [1.54, 1.807) is 51.3 Å². The summed E-state index contributed by atoms with van der Waals surface area (Å²) < 4.78 is 16.3. The molecule has 166 valence electrons. The lowest BCUT2D eigenvalue weighted by atomic mass is 10.0. The molecule has 0 aromatic heterocycles. The largest absolute Gasteiger partial charge is 0.493 e. The Hall–Kier alpha value is -3.80. The molecule has 1 aliphatic heterocycles. The van der Waals surface area contributed by atoms with Gasteiger partial charge in [0.05, 0.1) is 24.9 Å². The normalized spacial score (nSPS) is 14.7. The van der Waals surface area contributed by atoms with Crippen molar-refractivity contribution in [3.63, 3.8) is 0 Å². The van der Waals surface area contributed by atoms with Crippen molar-refractivity contribution in [3.05, 3.63) is 83.1 Å². The summed E-state index contributed by atoms with van der Waals surface area (Å²) in [6.45, 7) is 9.66. The zero-order chi connectivity index (χ0) is 23.3. The highest BCUT2D eigenvalue weighted by Gasteiger charge is 2.38. The van der Waals surface area contributed by atoms with E-state index in [1.165, 1.54) is 4.90 Å². The number of anilines is 1. The molecule has 0 N–H and O–H groups in total. The third-order valence-electron chi connectivity index (χ3n) is 5.03. The fourth-order valence-corrected chi connectivity index (χ4v) is 3.49. The number of allylic oxidation sites excluding steroid dienone is 1. The molecule has 0 fully saturated rings. The third-order valence-corrected chi connectivity index (χ3v) is 5.03. The number of nitrogens with zero attached hydrogens (tertiary/aromatic N) is 1. The van der Waals surface area contributed by atoms with Crippen molar-refractivity contribution < 1.29 is 23.8 Å². The Morgan fingerprint density at radius 1 is 1.09 bits per heavy atom. The van der Waals surface area contributed by atoms with Crippen molar-refractivity contribution in [1.82, 2.24) is 0 Å². The van der Waals surface area contributed by atoms with Crippen LogP contribution in [0.2, 0.25) is 0 Å². The molecule has 0 radical (unpaired) electrons. The summed E-state index contributed by atoms with van der Waals surface area (Å²) in [7, 11) is 1.54. The number of rotatable bonds is 8. The average molecular weight is 434 g/mol. The summed E-state index contributed by atoms with van der Waals surface area (Å²) >= 11 is 0. The molecular weight excluding hydrogens is 406 g/mol. The molecule has 6 nitrogen and oxygen atoms in total. The fourth-order valence-electron chi connectivity index (χ4n) is 3.49. The van der Waals surface area contributed by atoms with Crippen LogP contribution in [-0.2, 0) is 14.3 Å². The van der Waals surface area contributed by atoms with Crippen LogP contribution in [0, 0.1) is 6.92 Å². The number of carbonyl (C=O) groups excluding carboxylic acids is 2. The highest BCUT2D eigenvalue weighted by molar-refractivity contribution is 6.23. The van der Waals surface area contributed by atoms with Crippen molar-refractivity contribution in [2.45, 2.75) is 20.8 Å². The van der Waals surface area contributed by atoms with Gasteiger partial charge in [-0.1, -0.05) is 36.4 Å². The van der Waals surface area contributed by atoms with Gasteiger partial charge >= 0.3 is 5.97 Å². The Morgan fingerprint density at radius 2 is 1.81 bits per heavy atom. The van der Waals surface area contributed by atoms with Crippen molar-refractivity contribution in [1.29, 1.82) is 0 Å². The number of methoxy groups -OCH3 is 1. The second-order valence-electron chi connectivity index (χ2n) is 7.22. The smallest absolute Gasteiger partial charge is 0.340 e. The van der Waals surface area contributed by atoms with Crippen LogP contribution in [0.5, 0.6) is 11.5 Å². The number of amides is 1. The Labute approximate surface area is 188 Å². The molecule has 1 aliphatic rings. The Balaban J connectivity index is 2.08. The lowest BCUT2D eigenvalue weighted by Gasteiger charge is -2.18. The molecule has 1 amide bonds. The van der Waals surface area contributed by atoms with Crippen LogP contribution in [0.25, 0.3) is 6.08 Å². The van der Waals surface area contributed by atoms with E-state index in [4.69, 9.17) is 14.2 Å². The first-order chi connectivity index (χ1) is 15.4. The van der Waals surface area contributed by atoms with Crippen LogP contribution in [0.1, 0.15) is 25.0 Å². The molecule has 0 aliphatic carbocycles. The van der Waals surface area contributed by atoms with E-state index in [0.29, 0.717) is 35.1 Å². The monoisotopic (exact) mass is 433 g/mol. The third kappa shape index (κ3) is 4.59. The molecule has 0 spiro atoms. The molecule has 0 unspecified atom stereocenters. The zero-order valence-corrected chi connectivity index (χ0v) is 18.8. The number of benzene rings is 2. The van der Waals surface area contributed by atoms with Crippen molar-refractivity contribution in [2.75, 3.05) is 25.2 Å². The minimum Gasteiger partial charge on any atom is -0.493 e. The predicted octanol–water partition coefficient (Wildman–Crippen LogP) is 4.84. The molecule has 32 heavy (non-hydrogen) atoms. The van der Waals surface area contributed by atoms with E-state index < -0.39 is 5.97 Å². The fraction of sp³-hybridized carbons (Fsp3) is 0.231. The van der Waals surface area contributed by atoms with E-state index in [0.717, 1.165) is 5.56 Å². The first kappa shape index (κ1) is 22.9. The summed E-state index contributed by atoms with van der Waals surface area (Å²) in [4.78, 5) is 27.7. The van der Waals surface area contributed by atoms with E-state index in [2.05, 4.69) is 6.58 Å². The van der Waals surface area contributed by atoms with Crippen LogP contribution < -0.4 is 14.4 Å². The average Bonchev–Trinajstić information content (AvgIpc) is 3.03. The van der Waals surface area contributed by atoms with Crippen LogP contribution in [-0.4, -0.2) is 32.2 Å². The zero-order valence-electron chi connectivity index (χ0n) is 18.8. The van der Waals surface area contributed by atoms with E-state index in [1.807, 2.05) is 31.2 Å². The number of aryl methyl sites for hydroxylation is 1. The molecule has 0 atom stereocenters. The summed E-state index contributed by atoms with van der Waals surface area (Å²) in [6, 6.07) is 12.9. The molecule has 3 rings (SSSR count). The van der Waals surface area contributed by atoms with Gasteiger partial charge in [0, 0.05) is 11.4 Å². The van der Waals surface area contributed by atoms with Crippen molar-refractivity contribution >= 4 is 23.6 Å². The summed E-state index contributed by atoms with van der Waals surface area (Å²) in [5.41, 5.74) is 3.51. The van der Waals surface area contributed by atoms with E-state index in [9.17, 15) is 9.59 Å². The second-order valence-corrected chi connectivity index (χ2v) is 7.22. The summed E-state index contributed by atoms with van der Waals surface area (Å²) in [5.74, 6) is 0.254. The van der Waals surface area contributed by atoms with E-state index >= 15 is 0 Å². The van der Waals surface area contributed by atoms with Gasteiger partial charge in [-0.2, -0.15) is 0 Å². The molecule has 0 saturated heterocycles. The van der Waals surface area contributed by atoms with Crippen LogP contribution in [0.4, 0.5) is 5.69 Å². The van der Waals surface area contributed by atoms with E-state index in [-0.39, 0.29) is 23.7 Å². The van der Waals surface area contributed by atoms with Crippen LogP contribution in [0.3, 0.4) is 0 Å². The molecule has 2 aromatic rings. The Kier molecular flexibility index (Phi) is 7.15. The minimum absolute atomic E-state index is 0.213. The SMILES string of the molecule is C=CCOc1ccc(C=C2C(=O)N(c3ccc(C)cc3)C(C)=C2C(=O)OCC)cc1OC. The minimum atomic E-state index is -0.530. The van der Waals surface area contributed by atoms with Gasteiger partial charge in [-0.15, -0.1) is 0 Å². The number of ether oxygens (including phenoxy) is 3. The predicted molar refractivity (Wildman–Crippen MR) is 125 cm³/mol. The van der Waals surface area contributed by atoms with Gasteiger partial charge in [-0.05, 0) is 56.7 Å². The Bertz CT molecular complexity index is 1100. The lowest BCUT2D eigenvalue weighted by Crippen LogP contribution is -2.24. The van der Waals surface area contributed by atoms with Crippen molar-refractivity contribution in [3.8, 4) is 11.5 Å². The van der Waals surface area contributed by atoms with Gasteiger partial charge in [-0.3, -0.25) is 9.69 Å². The molecule has 6 heteroatoms. The lowest BCUT2D eigenvalue weighted by molar-refractivity contribution is -0.138. The van der Waals surface area contributed by atoms with Crippen LogP contribution >= 0.6 is 0 Å². The quantitative estimate of drug-likeness (QED) is 0.339. The van der Waals surface area contributed by atoms with Crippen molar-refractivity contribution in [2.24, 2.45) is 0 Å². The number of hydrogen-bond donors (Lipinski definition) is 0. The number of hydrogen-bond acceptors (Lipinski definition) is 5. The van der Waals surface area contributed by atoms with Gasteiger partial charge in [-0.25, -0.2) is 4.79 Å². The molecule has 0 bridgehead atoms. The van der Waals surface area contributed by atoms with Crippen LogP contribution in [0.15, 0.2) is 72.0 Å². The number of esters is 1. The van der Waals surface area contributed by atoms with Gasteiger partial charge < -0.3 is 14.2 Å². The number of carbonyl (C=O) groups is 2. The van der Waals surface area contributed by atoms with Gasteiger partial charge in [0.25, 0.3) is 5.91 Å². The topological polar surface area (TPSA) is 65.1 Å². The summed E-state index contributed by atoms with van der Waals surface area (Å²) in [5, 5.41) is 0. The standard InChI is InChI=1S/C26H27NO5/c1-6-14-32-22-13-10-19(16-23(22)30-5)15-21-24(26(29)31-7-2)18(4)27(25(21)28)20-11-8-17(3)9-12-20/h6,8-13,15-16H,1,7,14H2,2-5H3. The van der Waals surface area contributed by atoms with Gasteiger partial charge in [0.15, 0.2) is 11.5 Å². The highest BCUT2D eigenvalue weighted by atomic mass is 16.5. The maximum absolute atomic E-state index is 13.4. The maximum Gasteiger partial charge on any atom is 0.340 e. The second kappa shape index (κ2) is 10.0. The van der Waals surface area contributed by atoms with Gasteiger partial charge in [0.1, 0.15) is 6.61 Å². The first-order valence-electron chi connectivity index (χ1n) is 10.3. The first-order valence-corrected chi connectivity index (χ1v) is 10.3. The highest BCUT2D eigenvalue weighted by Crippen LogP contribution is 2.36. The Morgan fingerprint density at radius 3 is 2.44 bits per heavy atom. The summed E-state index contributed by atoms with van der Waals surface area (Å²) in [6.07, 6.45) is 3.32. The molecule has 2 aromatic carbocycles.